The van der Waals surface area contributed by atoms with E-state index >= 15 is 0 Å². The third-order valence-corrected chi connectivity index (χ3v) is 4.07. The van der Waals surface area contributed by atoms with E-state index in [0.717, 1.165) is 18.5 Å². The summed E-state index contributed by atoms with van der Waals surface area (Å²) in [7, 11) is 0. The Kier molecular flexibility index (Phi) is 2.40. The SMILES string of the molecule is Fc1cccc2c1NCC(c1cccs1)C2. The van der Waals surface area contributed by atoms with Gasteiger partial charge in [0.15, 0.2) is 0 Å². The number of benzene rings is 1. The zero-order valence-electron chi connectivity index (χ0n) is 8.74. The Morgan fingerprint density at radius 1 is 1.25 bits per heavy atom. The summed E-state index contributed by atoms with van der Waals surface area (Å²) < 4.78 is 13.5. The van der Waals surface area contributed by atoms with E-state index in [9.17, 15) is 4.39 Å². The van der Waals surface area contributed by atoms with Gasteiger partial charge in [-0.25, -0.2) is 4.39 Å². The fourth-order valence-electron chi connectivity index (χ4n) is 2.22. The zero-order valence-corrected chi connectivity index (χ0v) is 9.56. The highest BCUT2D eigenvalue weighted by Gasteiger charge is 2.22. The number of halogens is 1. The molecular formula is C13H12FNS. The molecule has 1 unspecified atom stereocenters. The van der Waals surface area contributed by atoms with Crippen LogP contribution in [0.4, 0.5) is 10.1 Å². The quantitative estimate of drug-likeness (QED) is 0.793. The van der Waals surface area contributed by atoms with Gasteiger partial charge in [0.1, 0.15) is 5.82 Å². The highest BCUT2D eigenvalue weighted by atomic mass is 32.1. The number of para-hydroxylation sites is 1. The number of anilines is 1. The summed E-state index contributed by atoms with van der Waals surface area (Å²) in [5, 5.41) is 5.29. The largest absolute Gasteiger partial charge is 0.382 e. The molecule has 0 amide bonds. The standard InChI is InChI=1S/C13H12FNS/c14-11-4-1-3-9-7-10(8-15-13(9)11)12-5-2-6-16-12/h1-6,10,15H,7-8H2. The van der Waals surface area contributed by atoms with E-state index in [4.69, 9.17) is 0 Å². The second kappa shape index (κ2) is 3.91. The molecule has 1 aromatic carbocycles. The Bertz CT molecular complexity index is 493. The van der Waals surface area contributed by atoms with Gasteiger partial charge in [0.05, 0.1) is 5.69 Å². The van der Waals surface area contributed by atoms with Gasteiger partial charge in [0.2, 0.25) is 0 Å². The minimum absolute atomic E-state index is 0.137. The summed E-state index contributed by atoms with van der Waals surface area (Å²) in [6.45, 7) is 0.828. The van der Waals surface area contributed by atoms with E-state index in [0.29, 0.717) is 11.6 Å². The summed E-state index contributed by atoms with van der Waals surface area (Å²) in [5.41, 5.74) is 1.78. The number of fused-ring (bicyclic) bond motifs is 1. The second-order valence-corrected chi connectivity index (χ2v) is 5.05. The number of hydrogen-bond donors (Lipinski definition) is 1. The van der Waals surface area contributed by atoms with Crippen LogP contribution in [-0.2, 0) is 6.42 Å². The highest BCUT2D eigenvalue weighted by molar-refractivity contribution is 7.10. The molecule has 1 atom stereocenters. The van der Waals surface area contributed by atoms with Gasteiger partial charge in [-0.1, -0.05) is 18.2 Å². The van der Waals surface area contributed by atoms with E-state index in [-0.39, 0.29) is 5.82 Å². The molecule has 0 saturated heterocycles. The molecule has 82 valence electrons. The summed E-state index contributed by atoms with van der Waals surface area (Å²) in [4.78, 5) is 1.38. The average Bonchev–Trinajstić information content (AvgIpc) is 2.82. The van der Waals surface area contributed by atoms with Crippen LogP contribution < -0.4 is 5.32 Å². The van der Waals surface area contributed by atoms with Gasteiger partial charge < -0.3 is 5.32 Å². The molecule has 0 aliphatic carbocycles. The van der Waals surface area contributed by atoms with Crippen molar-refractivity contribution in [2.45, 2.75) is 12.3 Å². The van der Waals surface area contributed by atoms with Crippen molar-refractivity contribution >= 4 is 17.0 Å². The minimum Gasteiger partial charge on any atom is -0.382 e. The van der Waals surface area contributed by atoms with Crippen LogP contribution in [0.15, 0.2) is 35.7 Å². The van der Waals surface area contributed by atoms with E-state index in [2.05, 4.69) is 22.8 Å². The average molecular weight is 233 g/mol. The van der Waals surface area contributed by atoms with Crippen LogP contribution in [-0.4, -0.2) is 6.54 Å². The van der Waals surface area contributed by atoms with E-state index in [1.807, 2.05) is 6.07 Å². The van der Waals surface area contributed by atoms with Crippen LogP contribution in [0.1, 0.15) is 16.4 Å². The van der Waals surface area contributed by atoms with Crippen LogP contribution >= 0.6 is 11.3 Å². The minimum atomic E-state index is -0.137. The first-order valence-corrected chi connectivity index (χ1v) is 6.27. The molecule has 1 aromatic heterocycles. The molecule has 2 aromatic rings. The molecule has 16 heavy (non-hydrogen) atoms. The summed E-state index contributed by atoms with van der Waals surface area (Å²) >= 11 is 1.77. The Morgan fingerprint density at radius 2 is 2.19 bits per heavy atom. The third-order valence-electron chi connectivity index (χ3n) is 3.04. The lowest BCUT2D eigenvalue weighted by Crippen LogP contribution is -2.21. The Morgan fingerprint density at radius 3 is 3.00 bits per heavy atom. The lowest BCUT2D eigenvalue weighted by atomic mass is 9.93. The Labute approximate surface area is 97.9 Å². The molecule has 0 radical (unpaired) electrons. The fourth-order valence-corrected chi connectivity index (χ4v) is 3.06. The molecule has 0 bridgehead atoms. The van der Waals surface area contributed by atoms with Crippen molar-refractivity contribution in [2.24, 2.45) is 0 Å². The summed E-state index contributed by atoms with van der Waals surface area (Å²) in [5.74, 6) is 0.344. The molecule has 0 spiro atoms. The van der Waals surface area contributed by atoms with Crippen molar-refractivity contribution in [1.82, 2.24) is 0 Å². The lowest BCUT2D eigenvalue weighted by Gasteiger charge is -2.25. The smallest absolute Gasteiger partial charge is 0.146 e. The van der Waals surface area contributed by atoms with Crippen LogP contribution in [0.3, 0.4) is 0 Å². The molecule has 1 aliphatic rings. The molecule has 1 N–H and O–H groups in total. The monoisotopic (exact) mass is 233 g/mol. The predicted octanol–water partition coefficient (Wildman–Crippen LogP) is 3.64. The van der Waals surface area contributed by atoms with Crippen LogP contribution in [0.5, 0.6) is 0 Å². The van der Waals surface area contributed by atoms with E-state index in [1.165, 1.54) is 10.9 Å². The number of hydrogen-bond acceptors (Lipinski definition) is 2. The van der Waals surface area contributed by atoms with Gasteiger partial charge in [0, 0.05) is 17.3 Å². The van der Waals surface area contributed by atoms with E-state index < -0.39 is 0 Å². The molecule has 0 fully saturated rings. The van der Waals surface area contributed by atoms with Crippen LogP contribution in [0.25, 0.3) is 0 Å². The van der Waals surface area contributed by atoms with Gasteiger partial charge in [-0.2, -0.15) is 0 Å². The van der Waals surface area contributed by atoms with Crippen molar-refractivity contribution < 1.29 is 4.39 Å². The first-order chi connectivity index (χ1) is 7.84. The van der Waals surface area contributed by atoms with Gasteiger partial charge in [-0.15, -0.1) is 11.3 Å². The van der Waals surface area contributed by atoms with Crippen molar-refractivity contribution in [3.63, 3.8) is 0 Å². The fraction of sp³-hybridized carbons (Fsp3) is 0.231. The first kappa shape index (κ1) is 9.85. The molecule has 1 nitrogen and oxygen atoms in total. The van der Waals surface area contributed by atoms with Gasteiger partial charge >= 0.3 is 0 Å². The number of thiophene rings is 1. The molecular weight excluding hydrogens is 221 g/mol. The third kappa shape index (κ3) is 1.61. The zero-order chi connectivity index (χ0) is 11.0. The lowest BCUT2D eigenvalue weighted by molar-refractivity contribution is 0.614. The normalized spacial score (nSPS) is 18.9. The van der Waals surface area contributed by atoms with Crippen LogP contribution in [0.2, 0.25) is 0 Å². The second-order valence-electron chi connectivity index (χ2n) is 4.07. The molecule has 1 aliphatic heterocycles. The first-order valence-electron chi connectivity index (χ1n) is 5.39. The number of rotatable bonds is 1. The van der Waals surface area contributed by atoms with Crippen LogP contribution in [0, 0.1) is 5.82 Å². The molecule has 3 rings (SSSR count). The predicted molar refractivity (Wildman–Crippen MR) is 65.7 cm³/mol. The number of nitrogens with one attached hydrogen (secondary N) is 1. The van der Waals surface area contributed by atoms with Gasteiger partial charge in [0.25, 0.3) is 0 Å². The maximum atomic E-state index is 13.5. The summed E-state index contributed by atoms with van der Waals surface area (Å²) in [6.07, 6.45) is 0.931. The maximum Gasteiger partial charge on any atom is 0.146 e. The molecule has 0 saturated carbocycles. The van der Waals surface area contributed by atoms with Crippen molar-refractivity contribution in [2.75, 3.05) is 11.9 Å². The van der Waals surface area contributed by atoms with Crippen molar-refractivity contribution in [3.8, 4) is 0 Å². The maximum absolute atomic E-state index is 13.5. The van der Waals surface area contributed by atoms with Gasteiger partial charge in [-0.05, 0) is 29.5 Å². The van der Waals surface area contributed by atoms with Crippen molar-refractivity contribution in [3.05, 3.63) is 52.0 Å². The highest BCUT2D eigenvalue weighted by Crippen LogP contribution is 2.33. The summed E-state index contributed by atoms with van der Waals surface area (Å²) in [6, 6.07) is 9.53. The molecule has 3 heteroatoms. The topological polar surface area (TPSA) is 12.0 Å². The van der Waals surface area contributed by atoms with E-state index in [1.54, 1.807) is 17.4 Å². The van der Waals surface area contributed by atoms with Crippen molar-refractivity contribution in [1.29, 1.82) is 0 Å². The van der Waals surface area contributed by atoms with Gasteiger partial charge in [-0.3, -0.25) is 0 Å². The Hall–Kier alpha value is -1.35. The molecule has 2 heterocycles. The Balaban J connectivity index is 1.92.